The summed E-state index contributed by atoms with van der Waals surface area (Å²) in [5.74, 6) is 0.556. The number of ether oxygens (including phenoxy) is 1. The second-order valence-electron chi connectivity index (χ2n) is 6.49. The minimum atomic E-state index is -0.138. The van der Waals surface area contributed by atoms with Crippen molar-refractivity contribution in [2.45, 2.75) is 45.1 Å². The van der Waals surface area contributed by atoms with E-state index < -0.39 is 0 Å². The molecular weight excluding hydrogens is 318 g/mol. The van der Waals surface area contributed by atoms with Crippen molar-refractivity contribution in [3.05, 3.63) is 24.3 Å². The zero-order chi connectivity index (χ0) is 18.1. The lowest BCUT2D eigenvalue weighted by molar-refractivity contribution is -0.124. The average molecular weight is 347 g/mol. The summed E-state index contributed by atoms with van der Waals surface area (Å²) in [5, 5.41) is 5.94. The van der Waals surface area contributed by atoms with Gasteiger partial charge in [0.2, 0.25) is 11.8 Å². The van der Waals surface area contributed by atoms with Gasteiger partial charge in [-0.3, -0.25) is 14.5 Å². The zero-order valence-corrected chi connectivity index (χ0v) is 15.2. The van der Waals surface area contributed by atoms with E-state index in [0.717, 1.165) is 12.8 Å². The lowest BCUT2D eigenvalue weighted by atomic mass is 9.95. The van der Waals surface area contributed by atoms with Crippen LogP contribution in [0.3, 0.4) is 0 Å². The summed E-state index contributed by atoms with van der Waals surface area (Å²) in [6.07, 6.45) is 5.76. The van der Waals surface area contributed by atoms with Crippen molar-refractivity contribution in [3.63, 3.8) is 0 Å². The van der Waals surface area contributed by atoms with Crippen LogP contribution in [0.4, 0.5) is 5.69 Å². The fourth-order valence-electron chi connectivity index (χ4n) is 3.11. The SMILES string of the molecule is CCN(CC(=O)Nc1cccc(OC)c1)CC(=O)NC1CCCCC1. The van der Waals surface area contributed by atoms with Gasteiger partial charge in [-0.25, -0.2) is 0 Å². The Bertz CT molecular complexity index is 571. The van der Waals surface area contributed by atoms with Crippen LogP contribution < -0.4 is 15.4 Å². The highest BCUT2D eigenvalue weighted by atomic mass is 16.5. The van der Waals surface area contributed by atoms with Gasteiger partial charge >= 0.3 is 0 Å². The van der Waals surface area contributed by atoms with Gasteiger partial charge < -0.3 is 15.4 Å². The van der Waals surface area contributed by atoms with E-state index in [1.165, 1.54) is 19.3 Å². The molecule has 6 nitrogen and oxygen atoms in total. The Morgan fingerprint density at radius 1 is 1.16 bits per heavy atom. The summed E-state index contributed by atoms with van der Waals surface area (Å²) in [4.78, 5) is 26.3. The highest BCUT2D eigenvalue weighted by Gasteiger charge is 2.18. The van der Waals surface area contributed by atoms with Gasteiger partial charge in [-0.1, -0.05) is 32.3 Å². The first kappa shape index (κ1) is 19.2. The maximum Gasteiger partial charge on any atom is 0.238 e. The molecule has 0 bridgehead atoms. The summed E-state index contributed by atoms with van der Waals surface area (Å²) in [7, 11) is 1.59. The molecule has 1 aliphatic carbocycles. The van der Waals surface area contributed by atoms with Crippen molar-refractivity contribution in [2.24, 2.45) is 0 Å². The normalized spacial score (nSPS) is 15.0. The van der Waals surface area contributed by atoms with Gasteiger partial charge in [0.05, 0.1) is 20.2 Å². The first-order valence-corrected chi connectivity index (χ1v) is 9.06. The molecule has 0 heterocycles. The summed E-state index contributed by atoms with van der Waals surface area (Å²) >= 11 is 0. The lowest BCUT2D eigenvalue weighted by Gasteiger charge is -2.25. The molecule has 0 radical (unpaired) electrons. The van der Waals surface area contributed by atoms with Gasteiger partial charge in [0.25, 0.3) is 0 Å². The highest BCUT2D eigenvalue weighted by molar-refractivity contribution is 5.92. The number of likely N-dealkylation sites (N-methyl/N-ethyl adjacent to an activating group) is 1. The van der Waals surface area contributed by atoms with E-state index in [1.807, 2.05) is 30.0 Å². The Morgan fingerprint density at radius 3 is 2.56 bits per heavy atom. The fourth-order valence-corrected chi connectivity index (χ4v) is 3.11. The van der Waals surface area contributed by atoms with Crippen molar-refractivity contribution < 1.29 is 14.3 Å². The third-order valence-electron chi connectivity index (χ3n) is 4.51. The van der Waals surface area contributed by atoms with Crippen molar-refractivity contribution in [3.8, 4) is 5.75 Å². The number of hydrogen-bond donors (Lipinski definition) is 2. The Morgan fingerprint density at radius 2 is 1.88 bits per heavy atom. The number of methoxy groups -OCH3 is 1. The predicted octanol–water partition coefficient (Wildman–Crippen LogP) is 2.40. The predicted molar refractivity (Wildman–Crippen MR) is 98.8 cm³/mol. The van der Waals surface area contributed by atoms with E-state index in [0.29, 0.717) is 24.0 Å². The molecule has 25 heavy (non-hydrogen) atoms. The van der Waals surface area contributed by atoms with Crippen molar-refractivity contribution >= 4 is 17.5 Å². The van der Waals surface area contributed by atoms with Crippen LogP contribution in [0.5, 0.6) is 5.75 Å². The smallest absolute Gasteiger partial charge is 0.238 e. The molecule has 6 heteroatoms. The van der Waals surface area contributed by atoms with Crippen LogP contribution in [0.25, 0.3) is 0 Å². The second kappa shape index (κ2) is 10.0. The van der Waals surface area contributed by atoms with Crippen molar-refractivity contribution in [1.29, 1.82) is 0 Å². The molecule has 0 atom stereocenters. The zero-order valence-electron chi connectivity index (χ0n) is 15.2. The molecule has 0 aromatic heterocycles. The Hall–Kier alpha value is -2.08. The number of hydrogen-bond acceptors (Lipinski definition) is 4. The highest BCUT2D eigenvalue weighted by Crippen LogP contribution is 2.18. The van der Waals surface area contributed by atoms with Gasteiger partial charge in [0, 0.05) is 17.8 Å². The molecular formula is C19H29N3O3. The van der Waals surface area contributed by atoms with Crippen LogP contribution in [0.1, 0.15) is 39.0 Å². The Labute approximate surface area is 149 Å². The molecule has 2 amide bonds. The van der Waals surface area contributed by atoms with Gasteiger partial charge in [-0.2, -0.15) is 0 Å². The minimum Gasteiger partial charge on any atom is -0.497 e. The van der Waals surface area contributed by atoms with Crippen LogP contribution in [-0.4, -0.2) is 49.5 Å². The molecule has 0 spiro atoms. The molecule has 1 aromatic rings. The van der Waals surface area contributed by atoms with Crippen molar-refractivity contribution in [2.75, 3.05) is 32.1 Å². The molecule has 2 rings (SSSR count). The van der Waals surface area contributed by atoms with E-state index in [2.05, 4.69) is 10.6 Å². The maximum absolute atomic E-state index is 12.2. The van der Waals surface area contributed by atoms with E-state index in [-0.39, 0.29) is 24.9 Å². The van der Waals surface area contributed by atoms with Crippen LogP contribution in [0.15, 0.2) is 24.3 Å². The maximum atomic E-state index is 12.2. The number of nitrogens with zero attached hydrogens (tertiary/aromatic N) is 1. The molecule has 0 aliphatic heterocycles. The van der Waals surface area contributed by atoms with Crippen LogP contribution >= 0.6 is 0 Å². The number of amides is 2. The first-order chi connectivity index (χ1) is 12.1. The van der Waals surface area contributed by atoms with Crippen LogP contribution in [0, 0.1) is 0 Å². The standard InChI is InChI=1S/C19H29N3O3/c1-3-22(13-18(23)20-15-8-5-4-6-9-15)14-19(24)21-16-10-7-11-17(12-16)25-2/h7,10-12,15H,3-6,8-9,13-14H2,1-2H3,(H,20,23)(H,21,24). The van der Waals surface area contributed by atoms with E-state index in [1.54, 1.807) is 13.2 Å². The summed E-state index contributed by atoms with van der Waals surface area (Å²) in [6.45, 7) is 3.03. The molecule has 2 N–H and O–H groups in total. The monoisotopic (exact) mass is 347 g/mol. The van der Waals surface area contributed by atoms with Gasteiger partial charge in [-0.15, -0.1) is 0 Å². The summed E-state index contributed by atoms with van der Waals surface area (Å²) in [5.41, 5.74) is 0.687. The van der Waals surface area contributed by atoms with E-state index >= 15 is 0 Å². The summed E-state index contributed by atoms with van der Waals surface area (Å²) < 4.78 is 5.15. The molecule has 138 valence electrons. The molecule has 1 saturated carbocycles. The minimum absolute atomic E-state index is 0.00271. The Balaban J connectivity index is 1.79. The molecule has 1 aliphatic rings. The number of carbonyl (C=O) groups is 2. The molecule has 1 fully saturated rings. The number of anilines is 1. The van der Waals surface area contributed by atoms with Gasteiger partial charge in [-0.05, 0) is 31.5 Å². The average Bonchev–Trinajstić information content (AvgIpc) is 2.62. The molecule has 1 aromatic carbocycles. The summed E-state index contributed by atoms with van der Waals surface area (Å²) in [6, 6.07) is 7.52. The molecule has 0 saturated heterocycles. The largest absolute Gasteiger partial charge is 0.497 e. The quantitative estimate of drug-likeness (QED) is 0.758. The third kappa shape index (κ3) is 6.74. The van der Waals surface area contributed by atoms with Crippen LogP contribution in [0.2, 0.25) is 0 Å². The van der Waals surface area contributed by atoms with Gasteiger partial charge in [0.15, 0.2) is 0 Å². The number of nitrogens with one attached hydrogen (secondary N) is 2. The second-order valence-corrected chi connectivity index (χ2v) is 6.49. The Kier molecular flexibility index (Phi) is 7.73. The third-order valence-corrected chi connectivity index (χ3v) is 4.51. The van der Waals surface area contributed by atoms with E-state index in [9.17, 15) is 9.59 Å². The number of rotatable bonds is 8. The fraction of sp³-hybridized carbons (Fsp3) is 0.579. The van der Waals surface area contributed by atoms with Crippen molar-refractivity contribution in [1.82, 2.24) is 10.2 Å². The topological polar surface area (TPSA) is 70.7 Å². The lowest BCUT2D eigenvalue weighted by Crippen LogP contribution is -2.44. The van der Waals surface area contributed by atoms with Crippen LogP contribution in [-0.2, 0) is 9.59 Å². The number of benzene rings is 1. The van der Waals surface area contributed by atoms with Gasteiger partial charge in [0.1, 0.15) is 5.75 Å². The first-order valence-electron chi connectivity index (χ1n) is 9.06. The van der Waals surface area contributed by atoms with E-state index in [4.69, 9.17) is 4.74 Å². The molecule has 0 unspecified atom stereocenters. The number of carbonyl (C=O) groups excluding carboxylic acids is 2.